The van der Waals surface area contributed by atoms with Gasteiger partial charge in [-0.05, 0) is 126 Å². The lowest BCUT2D eigenvalue weighted by molar-refractivity contribution is -0.138. The molecule has 3 aromatic rings. The average Bonchev–Trinajstić information content (AvgIpc) is 3.35. The number of piperidine rings is 2. The van der Waals surface area contributed by atoms with Gasteiger partial charge in [-0.2, -0.15) is 18.4 Å². The van der Waals surface area contributed by atoms with Crippen molar-refractivity contribution in [3.8, 4) is 11.8 Å². The zero-order chi connectivity index (χ0) is 41.9. The van der Waals surface area contributed by atoms with Crippen LogP contribution in [0.1, 0.15) is 76.6 Å². The fraction of sp³-hybridized carbons (Fsp3) is 0.439. The van der Waals surface area contributed by atoms with E-state index < -0.39 is 34.9 Å². The molecule has 3 aliphatic heterocycles. The van der Waals surface area contributed by atoms with Crippen LogP contribution in [0.2, 0.25) is 0 Å². The van der Waals surface area contributed by atoms with Crippen LogP contribution in [0, 0.1) is 17.2 Å². The fourth-order valence-electron chi connectivity index (χ4n) is 7.71. The van der Waals surface area contributed by atoms with Crippen molar-refractivity contribution < 1.29 is 37.1 Å². The minimum absolute atomic E-state index is 0.0168. The first-order chi connectivity index (χ1) is 27.5. The number of nitriles is 1. The summed E-state index contributed by atoms with van der Waals surface area (Å²) < 4.78 is 47.5. The maximum Gasteiger partial charge on any atom is 0.419 e. The van der Waals surface area contributed by atoms with Gasteiger partial charge in [0.05, 0.1) is 30.6 Å². The number of amides is 4. The summed E-state index contributed by atoms with van der Waals surface area (Å²) in [6, 6.07) is 14.4. The largest absolute Gasteiger partial charge is 0.493 e. The van der Waals surface area contributed by atoms with E-state index in [4.69, 9.17) is 17.0 Å². The molecular formula is C41H45F3N8O5S. The van der Waals surface area contributed by atoms with Crippen molar-refractivity contribution in [3.05, 3.63) is 71.5 Å². The molecule has 0 spiro atoms. The Morgan fingerprint density at radius 2 is 1.86 bits per heavy atom. The van der Waals surface area contributed by atoms with Crippen molar-refractivity contribution in [1.29, 1.82) is 5.26 Å². The van der Waals surface area contributed by atoms with Crippen molar-refractivity contribution >= 4 is 63.7 Å². The summed E-state index contributed by atoms with van der Waals surface area (Å²) in [7, 11) is 0. The minimum atomic E-state index is -4.86. The van der Waals surface area contributed by atoms with E-state index in [-0.39, 0.29) is 47.5 Å². The Morgan fingerprint density at radius 1 is 1.10 bits per heavy atom. The second-order valence-electron chi connectivity index (χ2n) is 15.3. The molecule has 0 saturated carbocycles. The topological polar surface area (TPSA) is 160 Å². The molecule has 0 aliphatic carbocycles. The molecule has 3 atom stereocenters. The molecule has 13 nitrogen and oxygen atoms in total. The zero-order valence-corrected chi connectivity index (χ0v) is 33.4. The van der Waals surface area contributed by atoms with E-state index in [9.17, 15) is 37.6 Å². The summed E-state index contributed by atoms with van der Waals surface area (Å²) in [6.45, 7) is 8.83. The van der Waals surface area contributed by atoms with E-state index >= 15 is 0 Å². The number of anilines is 4. The molecular weight excluding hydrogens is 774 g/mol. The number of halogens is 3. The second kappa shape index (κ2) is 17.1. The number of nitrogens with zero attached hydrogens (tertiary/aromatic N) is 5. The summed E-state index contributed by atoms with van der Waals surface area (Å²) >= 11 is 5.69. The molecule has 17 heteroatoms. The van der Waals surface area contributed by atoms with Gasteiger partial charge in [0.15, 0.2) is 10.8 Å². The Hall–Kier alpha value is -5.60. The molecule has 4 amide bonds. The third kappa shape index (κ3) is 9.08. The molecule has 1 aromatic heterocycles. The first-order valence-electron chi connectivity index (χ1n) is 19.2. The van der Waals surface area contributed by atoms with E-state index in [0.717, 1.165) is 48.5 Å². The van der Waals surface area contributed by atoms with E-state index in [1.54, 1.807) is 49.1 Å². The molecule has 4 heterocycles. The third-order valence-corrected chi connectivity index (χ3v) is 11.2. The molecule has 2 aromatic carbocycles. The number of nitrogens with one attached hydrogen (secondary N) is 3. The number of pyridine rings is 1. The van der Waals surface area contributed by atoms with Gasteiger partial charge >= 0.3 is 6.18 Å². The number of aromatic nitrogens is 1. The Labute approximate surface area is 339 Å². The number of rotatable bonds is 12. The third-order valence-electron chi connectivity index (χ3n) is 10.9. The lowest BCUT2D eigenvalue weighted by Crippen LogP contribution is -2.47. The highest BCUT2D eigenvalue weighted by Crippen LogP contribution is 2.40. The number of carbonyl (C=O) groups is 4. The molecule has 1 unspecified atom stereocenters. The number of ether oxygens (including phenoxy) is 1. The number of hydrogen-bond donors (Lipinski definition) is 3. The van der Waals surface area contributed by atoms with Gasteiger partial charge in [0.1, 0.15) is 23.4 Å². The van der Waals surface area contributed by atoms with Crippen LogP contribution in [-0.4, -0.2) is 75.9 Å². The summed E-state index contributed by atoms with van der Waals surface area (Å²) in [5.74, 6) is -0.253. The maximum absolute atomic E-state index is 13.7. The lowest BCUT2D eigenvalue weighted by Gasteiger charge is -2.37. The van der Waals surface area contributed by atoms with Crippen LogP contribution < -0.4 is 30.5 Å². The van der Waals surface area contributed by atoms with Crippen molar-refractivity contribution in [2.75, 3.05) is 40.1 Å². The summed E-state index contributed by atoms with van der Waals surface area (Å²) in [4.78, 5) is 58.8. The van der Waals surface area contributed by atoms with E-state index in [1.165, 1.54) is 6.07 Å². The molecule has 0 radical (unpaired) electrons. The molecule has 306 valence electrons. The predicted octanol–water partition coefficient (Wildman–Crippen LogP) is 6.18. The second-order valence-corrected chi connectivity index (χ2v) is 15.7. The monoisotopic (exact) mass is 818 g/mol. The van der Waals surface area contributed by atoms with Crippen molar-refractivity contribution in [1.82, 2.24) is 15.2 Å². The molecule has 58 heavy (non-hydrogen) atoms. The number of benzene rings is 2. The number of aryl methyl sites for hydroxylation is 1. The average molecular weight is 819 g/mol. The van der Waals surface area contributed by atoms with Crippen LogP contribution in [0.15, 0.2) is 54.7 Å². The highest BCUT2D eigenvalue weighted by atomic mass is 32.1. The van der Waals surface area contributed by atoms with Gasteiger partial charge in [0, 0.05) is 29.5 Å². The van der Waals surface area contributed by atoms with Gasteiger partial charge < -0.3 is 20.3 Å². The number of imide groups is 1. The number of hydrogen-bond acceptors (Lipinski definition) is 10. The predicted molar refractivity (Wildman–Crippen MR) is 215 cm³/mol. The first-order valence-corrected chi connectivity index (χ1v) is 19.6. The number of likely N-dealkylation sites (tertiary alicyclic amines) is 1. The van der Waals surface area contributed by atoms with Gasteiger partial charge in [-0.3, -0.25) is 34.3 Å². The standard InChI is InChI=1S/C41H45F3N8O5S/c1-5-26-18-29(52-39(58)51(38(56)40(52,3)4)30-20-31(41(42,43)44)33(21-45)46-22-30)9-11-34(26)57-16-14-25-13-15-50(24(2)17-25)23-36(54)48-28-8-6-7-27(19-28)47-32-10-12-35(53)49-37(32)55/h6-9,11,18-20,22,24-25,32,47H,5,10,12-17,23H2,1-4H3,(H,48,54)(H,49,53,55)/t24-,25-,32?/m1/s1. The summed E-state index contributed by atoms with van der Waals surface area (Å²) in [5, 5.41) is 17.6. The van der Waals surface area contributed by atoms with Crippen LogP contribution >= 0.6 is 12.2 Å². The van der Waals surface area contributed by atoms with Crippen molar-refractivity contribution in [2.45, 2.75) is 90.0 Å². The number of alkyl halides is 3. The van der Waals surface area contributed by atoms with Crippen LogP contribution in [0.4, 0.5) is 35.9 Å². The normalized spacial score (nSPS) is 21.1. The lowest BCUT2D eigenvalue weighted by atomic mass is 9.89. The Morgan fingerprint density at radius 3 is 2.55 bits per heavy atom. The van der Waals surface area contributed by atoms with Gasteiger partial charge in [0.2, 0.25) is 17.7 Å². The molecule has 3 fully saturated rings. The molecule has 3 N–H and O–H groups in total. The molecule has 3 saturated heterocycles. The van der Waals surface area contributed by atoms with Gasteiger partial charge in [-0.25, -0.2) is 4.98 Å². The Balaban J connectivity index is 1.01. The van der Waals surface area contributed by atoms with Crippen LogP contribution in [-0.2, 0) is 31.8 Å². The quantitative estimate of drug-likeness (QED) is 0.142. The van der Waals surface area contributed by atoms with Crippen molar-refractivity contribution in [2.24, 2.45) is 5.92 Å². The SMILES string of the molecule is CCc1cc(N2C(=S)N(c3cnc(C#N)c(C(F)(F)F)c3)C(=O)C2(C)C)ccc1OCC[C@H]1CCN(CC(=O)Nc2cccc(NC3CCC(=O)NC3=O)c2)[C@H](C)C1. The number of carbonyl (C=O) groups excluding carboxylic acids is 4. The summed E-state index contributed by atoms with van der Waals surface area (Å²) in [5.41, 5.74) is -0.752. The molecule has 0 bridgehead atoms. The van der Waals surface area contributed by atoms with E-state index in [2.05, 4.69) is 32.8 Å². The van der Waals surface area contributed by atoms with Crippen LogP contribution in [0.3, 0.4) is 0 Å². The highest BCUT2D eigenvalue weighted by Gasteiger charge is 2.51. The first kappa shape index (κ1) is 42.0. The van der Waals surface area contributed by atoms with Gasteiger partial charge in [-0.1, -0.05) is 13.0 Å². The summed E-state index contributed by atoms with van der Waals surface area (Å²) in [6.07, 6.45) is 0.0662. The van der Waals surface area contributed by atoms with Gasteiger partial charge in [0.25, 0.3) is 5.91 Å². The smallest absolute Gasteiger partial charge is 0.419 e. The minimum Gasteiger partial charge on any atom is -0.493 e. The van der Waals surface area contributed by atoms with Crippen LogP contribution in [0.5, 0.6) is 5.75 Å². The zero-order valence-electron chi connectivity index (χ0n) is 32.6. The molecule has 3 aliphatic rings. The van der Waals surface area contributed by atoms with E-state index in [1.807, 2.05) is 19.1 Å². The number of thiocarbonyl (C=S) groups is 1. The Bertz CT molecular complexity index is 2160. The fourth-order valence-corrected chi connectivity index (χ4v) is 8.24. The van der Waals surface area contributed by atoms with Gasteiger partial charge in [-0.15, -0.1) is 0 Å². The van der Waals surface area contributed by atoms with E-state index in [0.29, 0.717) is 48.2 Å². The Kier molecular flexibility index (Phi) is 12.4. The maximum atomic E-state index is 13.7. The molecule has 6 rings (SSSR count). The highest BCUT2D eigenvalue weighted by molar-refractivity contribution is 7.81. The van der Waals surface area contributed by atoms with Crippen LogP contribution in [0.25, 0.3) is 0 Å². The van der Waals surface area contributed by atoms with Crippen molar-refractivity contribution in [3.63, 3.8) is 0 Å².